The van der Waals surface area contributed by atoms with E-state index < -0.39 is 17.6 Å². The number of aromatic nitrogens is 2. The number of hydrogen-bond donors (Lipinski definition) is 1. The van der Waals surface area contributed by atoms with Crippen LogP contribution in [0.2, 0.25) is 0 Å². The van der Waals surface area contributed by atoms with Gasteiger partial charge in [-0.3, -0.25) is 0 Å². The maximum Gasteiger partial charge on any atom is 0.419 e. The van der Waals surface area contributed by atoms with Crippen molar-refractivity contribution in [3.63, 3.8) is 0 Å². The van der Waals surface area contributed by atoms with Crippen LogP contribution in [0, 0.1) is 12.7 Å². The fourth-order valence-corrected chi connectivity index (χ4v) is 2.91. The zero-order valence-electron chi connectivity index (χ0n) is 12.6. The number of halogens is 4. The Morgan fingerprint density at radius 1 is 1.35 bits per heavy atom. The number of imidazole rings is 1. The summed E-state index contributed by atoms with van der Waals surface area (Å²) in [7, 11) is 0. The van der Waals surface area contributed by atoms with Crippen molar-refractivity contribution >= 4 is 0 Å². The summed E-state index contributed by atoms with van der Waals surface area (Å²) >= 11 is 0. The van der Waals surface area contributed by atoms with Gasteiger partial charge in [0.1, 0.15) is 11.6 Å². The third-order valence-corrected chi connectivity index (χ3v) is 4.04. The van der Waals surface area contributed by atoms with E-state index in [0.717, 1.165) is 43.0 Å². The molecule has 0 radical (unpaired) electrons. The van der Waals surface area contributed by atoms with E-state index >= 15 is 0 Å². The van der Waals surface area contributed by atoms with E-state index in [2.05, 4.69) is 14.9 Å². The quantitative estimate of drug-likeness (QED) is 0.875. The largest absolute Gasteiger partial charge is 0.419 e. The maximum absolute atomic E-state index is 13.3. The third kappa shape index (κ3) is 3.55. The molecule has 0 unspecified atom stereocenters. The zero-order valence-corrected chi connectivity index (χ0v) is 12.6. The molecule has 124 valence electrons. The smallest absolute Gasteiger partial charge is 0.333 e. The van der Waals surface area contributed by atoms with Crippen molar-refractivity contribution in [3.05, 3.63) is 52.9 Å². The van der Waals surface area contributed by atoms with E-state index in [9.17, 15) is 17.6 Å². The third-order valence-electron chi connectivity index (χ3n) is 4.04. The van der Waals surface area contributed by atoms with Gasteiger partial charge < -0.3 is 9.88 Å². The molecule has 1 aromatic heterocycles. The predicted molar refractivity (Wildman–Crippen MR) is 77.3 cm³/mol. The summed E-state index contributed by atoms with van der Waals surface area (Å²) in [4.78, 5) is 4.42. The normalized spacial score (nSPS) is 18.0. The van der Waals surface area contributed by atoms with Gasteiger partial charge >= 0.3 is 6.18 Å². The molecule has 23 heavy (non-hydrogen) atoms. The second-order valence-corrected chi connectivity index (χ2v) is 5.88. The summed E-state index contributed by atoms with van der Waals surface area (Å²) < 4.78 is 53.5. The molecule has 3 rings (SSSR count). The summed E-state index contributed by atoms with van der Waals surface area (Å²) in [5.41, 5.74) is 0.174. The van der Waals surface area contributed by atoms with Crippen LogP contribution in [0.3, 0.4) is 0 Å². The van der Waals surface area contributed by atoms with Gasteiger partial charge in [-0.15, -0.1) is 0 Å². The first kappa shape index (κ1) is 16.0. The molecule has 0 saturated heterocycles. The number of fused-ring (bicyclic) bond motifs is 1. The van der Waals surface area contributed by atoms with E-state index in [1.54, 1.807) is 0 Å². The minimum atomic E-state index is -4.67. The molecule has 1 aromatic carbocycles. The average Bonchev–Trinajstić information content (AvgIpc) is 2.84. The molecule has 1 atom stereocenters. The Labute approximate surface area is 131 Å². The van der Waals surface area contributed by atoms with E-state index in [1.807, 2.05) is 13.1 Å². The highest BCUT2D eigenvalue weighted by atomic mass is 19.4. The van der Waals surface area contributed by atoms with Gasteiger partial charge in [0.05, 0.1) is 11.3 Å². The van der Waals surface area contributed by atoms with Gasteiger partial charge in [0.15, 0.2) is 0 Å². The number of nitrogens with one attached hydrogen (secondary N) is 1. The Hall–Kier alpha value is -1.89. The van der Waals surface area contributed by atoms with Crippen molar-refractivity contribution in [3.8, 4) is 0 Å². The van der Waals surface area contributed by atoms with Crippen molar-refractivity contribution in [2.24, 2.45) is 0 Å². The number of nitrogens with zero attached hydrogens (tertiary/aromatic N) is 2. The molecule has 0 fully saturated rings. The first-order valence-corrected chi connectivity index (χ1v) is 7.44. The van der Waals surface area contributed by atoms with Gasteiger partial charge in [-0.2, -0.15) is 13.2 Å². The van der Waals surface area contributed by atoms with Crippen molar-refractivity contribution in [2.75, 3.05) is 0 Å². The van der Waals surface area contributed by atoms with Crippen molar-refractivity contribution < 1.29 is 17.6 Å². The molecule has 0 saturated carbocycles. The summed E-state index contributed by atoms with van der Waals surface area (Å²) in [6, 6.07) is 3.29. The number of aryl methyl sites for hydroxylation is 2. The molecule has 1 N–H and O–H groups in total. The Morgan fingerprint density at radius 3 is 2.87 bits per heavy atom. The monoisotopic (exact) mass is 327 g/mol. The highest BCUT2D eigenvalue weighted by Crippen LogP contribution is 2.31. The average molecular weight is 327 g/mol. The topological polar surface area (TPSA) is 29.9 Å². The lowest BCUT2D eigenvalue weighted by atomic mass is 10.1. The van der Waals surface area contributed by atoms with Gasteiger partial charge in [-0.1, -0.05) is 6.07 Å². The SMILES string of the molecule is Cc1cn2c(n1)CC[C@@H](NCc1ccc(F)c(C(F)(F)F)c1)C2. The second kappa shape index (κ2) is 5.96. The first-order chi connectivity index (χ1) is 10.8. The number of hydrogen-bond acceptors (Lipinski definition) is 2. The summed E-state index contributed by atoms with van der Waals surface area (Å²) in [6.45, 7) is 2.95. The van der Waals surface area contributed by atoms with Gasteiger partial charge in [0.25, 0.3) is 0 Å². The van der Waals surface area contributed by atoms with Crippen LogP contribution in [0.5, 0.6) is 0 Å². The van der Waals surface area contributed by atoms with Gasteiger partial charge in [-0.05, 0) is 31.0 Å². The van der Waals surface area contributed by atoms with Crippen molar-refractivity contribution in [2.45, 2.75) is 45.1 Å². The van der Waals surface area contributed by atoms with E-state index in [1.165, 1.54) is 6.07 Å². The molecule has 2 heterocycles. The molecule has 3 nitrogen and oxygen atoms in total. The second-order valence-electron chi connectivity index (χ2n) is 5.88. The Kier molecular flexibility index (Phi) is 4.14. The van der Waals surface area contributed by atoms with Crippen LogP contribution in [0.4, 0.5) is 17.6 Å². The number of benzene rings is 1. The Morgan fingerprint density at radius 2 is 2.13 bits per heavy atom. The molecular formula is C16H17F4N3. The summed E-state index contributed by atoms with van der Waals surface area (Å²) in [6.07, 6.45) is -0.983. The molecular weight excluding hydrogens is 310 g/mol. The highest BCUT2D eigenvalue weighted by molar-refractivity contribution is 5.27. The minimum Gasteiger partial charge on any atom is -0.333 e. The standard InChI is InChI=1S/C16H17F4N3/c1-10-8-23-9-12(3-5-15(23)22-10)21-7-11-2-4-14(17)13(6-11)16(18,19)20/h2,4,6,8,12,21H,3,5,7,9H2,1H3/t12-/m1/s1. The summed E-state index contributed by atoms with van der Waals surface area (Å²) in [5, 5.41) is 3.25. The van der Waals surface area contributed by atoms with Gasteiger partial charge in [-0.25, -0.2) is 9.37 Å². The lowest BCUT2D eigenvalue weighted by Crippen LogP contribution is -2.36. The van der Waals surface area contributed by atoms with Crippen LogP contribution in [0.15, 0.2) is 24.4 Å². The van der Waals surface area contributed by atoms with Crippen LogP contribution in [-0.2, 0) is 25.7 Å². The minimum absolute atomic E-state index is 0.162. The predicted octanol–water partition coefficient (Wildman–Crippen LogP) is 3.45. The van der Waals surface area contributed by atoms with Crippen LogP contribution < -0.4 is 5.32 Å². The molecule has 0 spiro atoms. The fraction of sp³-hybridized carbons (Fsp3) is 0.438. The molecule has 7 heteroatoms. The fourth-order valence-electron chi connectivity index (χ4n) is 2.91. The lowest BCUT2D eigenvalue weighted by molar-refractivity contribution is -0.140. The van der Waals surface area contributed by atoms with Crippen LogP contribution in [-0.4, -0.2) is 15.6 Å². The molecule has 0 bridgehead atoms. The molecule has 0 amide bonds. The Bertz CT molecular complexity index is 706. The molecule has 0 aliphatic carbocycles. The van der Waals surface area contributed by atoms with Crippen molar-refractivity contribution in [1.82, 2.24) is 14.9 Å². The van der Waals surface area contributed by atoms with E-state index in [-0.39, 0.29) is 12.6 Å². The van der Waals surface area contributed by atoms with E-state index in [4.69, 9.17) is 0 Å². The highest BCUT2D eigenvalue weighted by Gasteiger charge is 2.34. The first-order valence-electron chi connectivity index (χ1n) is 7.44. The zero-order chi connectivity index (χ0) is 16.6. The van der Waals surface area contributed by atoms with Crippen LogP contribution in [0.1, 0.15) is 29.1 Å². The Balaban J connectivity index is 1.65. The lowest BCUT2D eigenvalue weighted by Gasteiger charge is -2.25. The van der Waals surface area contributed by atoms with Crippen molar-refractivity contribution in [1.29, 1.82) is 0 Å². The van der Waals surface area contributed by atoms with Gasteiger partial charge in [0, 0.05) is 31.7 Å². The van der Waals surface area contributed by atoms with Crippen LogP contribution >= 0.6 is 0 Å². The number of alkyl halides is 3. The van der Waals surface area contributed by atoms with Crippen LogP contribution in [0.25, 0.3) is 0 Å². The van der Waals surface area contributed by atoms with Gasteiger partial charge in [0.2, 0.25) is 0 Å². The maximum atomic E-state index is 13.3. The summed E-state index contributed by atoms with van der Waals surface area (Å²) in [5.74, 6) is -0.195. The molecule has 1 aliphatic heterocycles. The molecule has 1 aliphatic rings. The molecule has 2 aromatic rings. The number of rotatable bonds is 3. The van der Waals surface area contributed by atoms with E-state index in [0.29, 0.717) is 5.56 Å².